The van der Waals surface area contributed by atoms with Crippen molar-refractivity contribution in [3.05, 3.63) is 24.3 Å². The van der Waals surface area contributed by atoms with Crippen LogP contribution in [0.4, 0.5) is 0 Å². The van der Waals surface area contributed by atoms with Gasteiger partial charge in [0, 0.05) is 5.71 Å². The van der Waals surface area contributed by atoms with E-state index in [0.717, 1.165) is 37.3 Å². The van der Waals surface area contributed by atoms with Gasteiger partial charge < -0.3 is 9.47 Å². The molecule has 0 bridgehead atoms. The van der Waals surface area contributed by atoms with Crippen LogP contribution in [0.3, 0.4) is 0 Å². The summed E-state index contributed by atoms with van der Waals surface area (Å²) in [5, 5.41) is 4.31. The predicted octanol–water partition coefficient (Wildman–Crippen LogP) is 3.53. The Labute approximate surface area is 143 Å². The lowest BCUT2D eigenvalue weighted by molar-refractivity contribution is -0.130. The fraction of sp³-hybridized carbons (Fsp3) is 0.579. The van der Waals surface area contributed by atoms with Gasteiger partial charge in [-0.05, 0) is 49.1 Å². The van der Waals surface area contributed by atoms with Crippen molar-refractivity contribution in [2.45, 2.75) is 52.6 Å². The number of hydrogen-bond donors (Lipinski definition) is 1. The van der Waals surface area contributed by atoms with Gasteiger partial charge in [-0.1, -0.05) is 32.9 Å². The Morgan fingerprint density at radius 2 is 1.83 bits per heavy atom. The van der Waals surface area contributed by atoms with E-state index >= 15 is 0 Å². The van der Waals surface area contributed by atoms with Crippen molar-refractivity contribution in [3.8, 4) is 11.5 Å². The van der Waals surface area contributed by atoms with Crippen molar-refractivity contribution in [1.82, 2.24) is 5.43 Å². The highest BCUT2D eigenvalue weighted by Crippen LogP contribution is 2.36. The van der Waals surface area contributed by atoms with Crippen LogP contribution < -0.4 is 14.9 Å². The summed E-state index contributed by atoms with van der Waals surface area (Å²) in [7, 11) is 0. The third-order valence-corrected chi connectivity index (χ3v) is 4.91. The monoisotopic (exact) mass is 330 g/mol. The van der Waals surface area contributed by atoms with Gasteiger partial charge in [0.05, 0.1) is 0 Å². The third-order valence-electron chi connectivity index (χ3n) is 4.91. The molecule has 1 aromatic carbocycles. The summed E-state index contributed by atoms with van der Waals surface area (Å²) in [4.78, 5) is 12.3. The number of carbonyl (C=O) groups excluding carboxylic acids is 1. The number of nitrogens with one attached hydrogen (secondary N) is 1. The average Bonchev–Trinajstić information content (AvgIpc) is 2.59. The van der Waals surface area contributed by atoms with Gasteiger partial charge in [-0.2, -0.15) is 5.10 Å². The van der Waals surface area contributed by atoms with Crippen LogP contribution in [0.25, 0.3) is 0 Å². The van der Waals surface area contributed by atoms with Crippen LogP contribution in [0.2, 0.25) is 0 Å². The molecule has 1 N–H and O–H groups in total. The Kier molecular flexibility index (Phi) is 4.78. The molecule has 1 heterocycles. The van der Waals surface area contributed by atoms with Crippen LogP contribution in [0.1, 0.15) is 46.5 Å². The Bertz CT molecular complexity index is 624. The minimum atomic E-state index is -0.657. The van der Waals surface area contributed by atoms with E-state index in [1.807, 2.05) is 18.2 Å². The molecule has 1 aliphatic heterocycles. The molecule has 1 aliphatic carbocycles. The molecule has 2 aliphatic rings. The van der Waals surface area contributed by atoms with E-state index in [4.69, 9.17) is 9.47 Å². The minimum absolute atomic E-state index is 0.208. The molecule has 0 spiro atoms. The number of hydrazone groups is 1. The van der Waals surface area contributed by atoms with Crippen molar-refractivity contribution in [1.29, 1.82) is 0 Å². The molecule has 0 saturated heterocycles. The lowest BCUT2D eigenvalue weighted by atomic mass is 9.72. The van der Waals surface area contributed by atoms with Gasteiger partial charge in [-0.15, -0.1) is 0 Å². The number of carbonyl (C=O) groups is 1. The molecule has 1 unspecified atom stereocenters. The van der Waals surface area contributed by atoms with Crippen LogP contribution in [-0.2, 0) is 4.79 Å². The molecular weight excluding hydrogens is 304 g/mol. The molecule has 130 valence electrons. The average molecular weight is 330 g/mol. The lowest BCUT2D eigenvalue weighted by Crippen LogP contribution is -2.42. The molecule has 24 heavy (non-hydrogen) atoms. The fourth-order valence-electron chi connectivity index (χ4n) is 3.28. The number of amides is 1. The molecule has 1 fully saturated rings. The van der Waals surface area contributed by atoms with E-state index in [1.165, 1.54) is 0 Å². The molecule has 0 aromatic heterocycles. The first-order valence-corrected chi connectivity index (χ1v) is 8.67. The molecule has 0 radical (unpaired) electrons. The normalized spacial score (nSPS) is 23.5. The first-order valence-electron chi connectivity index (χ1n) is 8.67. The Morgan fingerprint density at radius 1 is 1.17 bits per heavy atom. The standard InChI is InChI=1S/C19H26N2O3/c1-19(2,3)13-8-10-14(11-9-13)20-21-18(22)17-12-23-15-6-4-5-7-16(15)24-17/h4-7,13,17H,8-12H2,1-3H3,(H,21,22). The maximum atomic E-state index is 12.3. The summed E-state index contributed by atoms with van der Waals surface area (Å²) in [5.74, 6) is 1.74. The van der Waals surface area contributed by atoms with E-state index < -0.39 is 6.10 Å². The molecule has 3 rings (SSSR count). The Balaban J connectivity index is 1.52. The molecule has 5 nitrogen and oxygen atoms in total. The largest absolute Gasteiger partial charge is 0.485 e. The zero-order chi connectivity index (χ0) is 17.2. The number of rotatable bonds is 2. The first-order chi connectivity index (χ1) is 11.4. The van der Waals surface area contributed by atoms with Crippen LogP contribution >= 0.6 is 0 Å². The second-order valence-corrected chi connectivity index (χ2v) is 7.66. The predicted molar refractivity (Wildman–Crippen MR) is 93.3 cm³/mol. The van der Waals surface area contributed by atoms with Crippen LogP contribution in [0.5, 0.6) is 11.5 Å². The second-order valence-electron chi connectivity index (χ2n) is 7.66. The van der Waals surface area contributed by atoms with E-state index in [9.17, 15) is 4.79 Å². The summed E-state index contributed by atoms with van der Waals surface area (Å²) < 4.78 is 11.3. The summed E-state index contributed by atoms with van der Waals surface area (Å²) in [6.45, 7) is 7.08. The molecule has 1 saturated carbocycles. The van der Waals surface area contributed by atoms with Crippen molar-refractivity contribution >= 4 is 11.6 Å². The third kappa shape index (κ3) is 3.89. The van der Waals surface area contributed by atoms with E-state index in [2.05, 4.69) is 31.3 Å². The first kappa shape index (κ1) is 16.8. The molecule has 1 aromatic rings. The highest BCUT2D eigenvalue weighted by atomic mass is 16.6. The van der Waals surface area contributed by atoms with Gasteiger partial charge in [0.15, 0.2) is 11.5 Å². The second kappa shape index (κ2) is 6.83. The van der Waals surface area contributed by atoms with Crippen molar-refractivity contribution in [3.63, 3.8) is 0 Å². The van der Waals surface area contributed by atoms with Crippen LogP contribution in [0, 0.1) is 11.3 Å². The summed E-state index contributed by atoms with van der Waals surface area (Å²) in [6, 6.07) is 7.37. The molecule has 5 heteroatoms. The van der Waals surface area contributed by atoms with Crippen LogP contribution in [-0.4, -0.2) is 24.3 Å². The highest BCUT2D eigenvalue weighted by molar-refractivity contribution is 5.88. The smallest absolute Gasteiger partial charge is 0.284 e. The van der Waals surface area contributed by atoms with Gasteiger partial charge in [0.1, 0.15) is 6.61 Å². The molecule has 1 amide bonds. The molecule has 1 atom stereocenters. The van der Waals surface area contributed by atoms with E-state index in [0.29, 0.717) is 16.9 Å². The number of benzene rings is 1. The zero-order valence-electron chi connectivity index (χ0n) is 14.7. The number of hydrogen-bond acceptors (Lipinski definition) is 4. The number of para-hydroxylation sites is 2. The lowest BCUT2D eigenvalue weighted by Gasteiger charge is -2.34. The van der Waals surface area contributed by atoms with Crippen molar-refractivity contribution in [2.75, 3.05) is 6.61 Å². The van der Waals surface area contributed by atoms with Gasteiger partial charge >= 0.3 is 0 Å². The van der Waals surface area contributed by atoms with Gasteiger partial charge in [-0.25, -0.2) is 5.43 Å². The summed E-state index contributed by atoms with van der Waals surface area (Å²) in [6.07, 6.45) is 3.51. The van der Waals surface area contributed by atoms with Gasteiger partial charge in [0.2, 0.25) is 6.10 Å². The summed E-state index contributed by atoms with van der Waals surface area (Å²) >= 11 is 0. The Morgan fingerprint density at radius 3 is 2.50 bits per heavy atom. The summed E-state index contributed by atoms with van der Waals surface area (Å²) in [5.41, 5.74) is 4.06. The SMILES string of the molecule is CC(C)(C)C1CCC(=NNC(=O)C2COc3ccccc3O2)CC1. The quantitative estimate of drug-likeness (QED) is 0.844. The van der Waals surface area contributed by atoms with Crippen molar-refractivity contribution < 1.29 is 14.3 Å². The van der Waals surface area contributed by atoms with Gasteiger partial charge in [0.25, 0.3) is 5.91 Å². The minimum Gasteiger partial charge on any atom is -0.485 e. The van der Waals surface area contributed by atoms with Crippen LogP contribution in [0.15, 0.2) is 29.4 Å². The number of nitrogens with zero attached hydrogens (tertiary/aromatic N) is 1. The van der Waals surface area contributed by atoms with E-state index in [1.54, 1.807) is 6.07 Å². The van der Waals surface area contributed by atoms with Crippen molar-refractivity contribution in [2.24, 2.45) is 16.4 Å². The highest BCUT2D eigenvalue weighted by Gasteiger charge is 2.29. The molecular formula is C19H26N2O3. The Hall–Kier alpha value is -2.04. The zero-order valence-corrected chi connectivity index (χ0v) is 14.7. The van der Waals surface area contributed by atoms with Gasteiger partial charge in [-0.3, -0.25) is 4.79 Å². The maximum absolute atomic E-state index is 12.3. The number of ether oxygens (including phenoxy) is 2. The van der Waals surface area contributed by atoms with E-state index in [-0.39, 0.29) is 12.5 Å². The topological polar surface area (TPSA) is 59.9 Å². The maximum Gasteiger partial charge on any atom is 0.284 e. The number of fused-ring (bicyclic) bond motifs is 1. The fourth-order valence-corrected chi connectivity index (χ4v) is 3.28.